The van der Waals surface area contributed by atoms with Crippen molar-refractivity contribution in [1.82, 2.24) is 15.3 Å². The van der Waals surface area contributed by atoms with Crippen molar-refractivity contribution >= 4 is 5.82 Å². The molecule has 0 atom stereocenters. The second-order valence-electron chi connectivity index (χ2n) is 5.37. The molecule has 0 saturated carbocycles. The quantitative estimate of drug-likeness (QED) is 0.717. The number of pyridine rings is 1. The van der Waals surface area contributed by atoms with E-state index in [2.05, 4.69) is 20.2 Å². The molecule has 0 bridgehead atoms. The Morgan fingerprint density at radius 1 is 1.35 bits per heavy atom. The molecule has 0 aliphatic heterocycles. The second kappa shape index (κ2) is 6.95. The van der Waals surface area contributed by atoms with Crippen LogP contribution in [0, 0.1) is 0 Å². The van der Waals surface area contributed by atoms with Gasteiger partial charge in [0, 0.05) is 38.7 Å². The van der Waals surface area contributed by atoms with E-state index in [1.165, 1.54) is 6.26 Å². The van der Waals surface area contributed by atoms with Gasteiger partial charge in [0.1, 0.15) is 17.8 Å². The van der Waals surface area contributed by atoms with E-state index in [9.17, 15) is 4.79 Å². The maximum Gasteiger partial charge on any atom is 0.283 e. The van der Waals surface area contributed by atoms with Crippen LogP contribution in [-0.4, -0.2) is 28.9 Å². The molecule has 1 N–H and O–H groups in total. The zero-order valence-electron chi connectivity index (χ0n) is 12.9. The molecule has 0 saturated heterocycles. The van der Waals surface area contributed by atoms with Crippen LogP contribution in [0.5, 0.6) is 0 Å². The van der Waals surface area contributed by atoms with Crippen molar-refractivity contribution in [3.8, 4) is 0 Å². The monoisotopic (exact) mass is 314 g/mol. The predicted octanol–water partition coefficient (Wildman–Crippen LogP) is 2.01. The summed E-state index contributed by atoms with van der Waals surface area (Å²) in [7, 11) is 2.01. The fraction of sp³-hybridized carbons (Fsp3) is 0.312. The number of H-pyrrole nitrogens is 1. The van der Waals surface area contributed by atoms with Crippen LogP contribution in [0.4, 0.5) is 5.82 Å². The fourth-order valence-electron chi connectivity index (χ4n) is 2.33. The number of hydrogen-bond donors (Lipinski definition) is 1. The van der Waals surface area contributed by atoms with Gasteiger partial charge in [0.15, 0.2) is 0 Å². The summed E-state index contributed by atoms with van der Waals surface area (Å²) in [6.45, 7) is 0.869. The lowest BCUT2D eigenvalue weighted by molar-refractivity contribution is 0.376. The molecule has 3 aromatic rings. The Kier molecular flexibility index (Phi) is 4.56. The van der Waals surface area contributed by atoms with Crippen LogP contribution < -0.4 is 10.5 Å². The van der Waals surface area contributed by atoms with Gasteiger partial charge in [-0.1, -0.05) is 11.2 Å². The van der Waals surface area contributed by atoms with Gasteiger partial charge in [-0.2, -0.15) is 5.16 Å². The largest absolute Gasteiger partial charge is 0.387 e. The van der Waals surface area contributed by atoms with Gasteiger partial charge in [-0.15, -0.1) is 0 Å². The molecule has 23 heavy (non-hydrogen) atoms. The molecule has 3 rings (SSSR count). The minimum absolute atomic E-state index is 0.230. The average Bonchev–Trinajstić information content (AvgIpc) is 3.18. The summed E-state index contributed by atoms with van der Waals surface area (Å²) in [4.78, 5) is 17.8. The Morgan fingerprint density at radius 3 is 3.00 bits per heavy atom. The van der Waals surface area contributed by atoms with E-state index < -0.39 is 0 Å². The lowest BCUT2D eigenvalue weighted by atomic mass is 10.1. The Bertz CT molecular complexity index is 791. The van der Waals surface area contributed by atoms with Gasteiger partial charge in [0.05, 0.1) is 11.3 Å². The van der Waals surface area contributed by atoms with Gasteiger partial charge in [-0.3, -0.25) is 4.79 Å². The van der Waals surface area contributed by atoms with Gasteiger partial charge < -0.3 is 13.9 Å². The SMILES string of the molecule is CN(CCCc1cc(Cc2co[nH]c2=O)no1)c1ccccn1. The number of anilines is 1. The van der Waals surface area contributed by atoms with Crippen molar-refractivity contribution in [3.63, 3.8) is 0 Å². The molecule has 3 aromatic heterocycles. The highest BCUT2D eigenvalue weighted by atomic mass is 16.5. The maximum atomic E-state index is 11.4. The van der Waals surface area contributed by atoms with E-state index >= 15 is 0 Å². The van der Waals surface area contributed by atoms with E-state index in [-0.39, 0.29) is 5.56 Å². The maximum absolute atomic E-state index is 11.4. The number of nitrogens with zero attached hydrogens (tertiary/aromatic N) is 3. The number of aryl methyl sites for hydroxylation is 1. The van der Waals surface area contributed by atoms with Crippen LogP contribution in [0.1, 0.15) is 23.4 Å². The summed E-state index contributed by atoms with van der Waals surface area (Å²) in [5, 5.41) is 6.25. The van der Waals surface area contributed by atoms with Gasteiger partial charge in [0.2, 0.25) is 0 Å². The predicted molar refractivity (Wildman–Crippen MR) is 84.5 cm³/mol. The molecule has 0 unspecified atom stereocenters. The van der Waals surface area contributed by atoms with E-state index in [0.29, 0.717) is 12.0 Å². The smallest absolute Gasteiger partial charge is 0.283 e. The standard InChI is InChI=1S/C16H18N4O3/c1-20(15-6-2-3-7-17-15)8-4-5-14-10-13(18-23-14)9-12-11-22-19-16(12)21/h2-3,6-7,10-11H,4-5,8-9H2,1H3,(H,19,21). The lowest BCUT2D eigenvalue weighted by Crippen LogP contribution is -2.19. The van der Waals surface area contributed by atoms with Crippen LogP contribution in [0.15, 0.2) is 50.6 Å². The van der Waals surface area contributed by atoms with E-state index in [4.69, 9.17) is 9.05 Å². The summed E-state index contributed by atoms with van der Waals surface area (Å²) in [6, 6.07) is 7.74. The summed E-state index contributed by atoms with van der Waals surface area (Å²) >= 11 is 0. The van der Waals surface area contributed by atoms with Crippen molar-refractivity contribution in [2.75, 3.05) is 18.5 Å². The van der Waals surface area contributed by atoms with Gasteiger partial charge in [-0.25, -0.2) is 4.98 Å². The summed E-state index contributed by atoms with van der Waals surface area (Å²) in [6.07, 6.45) is 5.30. The molecule has 0 amide bonds. The van der Waals surface area contributed by atoms with Crippen molar-refractivity contribution in [3.05, 3.63) is 64.1 Å². The molecular formula is C16H18N4O3. The molecule has 120 valence electrons. The number of rotatable bonds is 7. The Labute approximate surface area is 132 Å². The first kappa shape index (κ1) is 15.1. The highest BCUT2D eigenvalue weighted by molar-refractivity contribution is 5.36. The van der Waals surface area contributed by atoms with Crippen LogP contribution >= 0.6 is 0 Å². The first-order valence-corrected chi connectivity index (χ1v) is 7.44. The first-order valence-electron chi connectivity index (χ1n) is 7.44. The molecule has 0 spiro atoms. The van der Waals surface area contributed by atoms with Crippen molar-refractivity contribution in [2.24, 2.45) is 0 Å². The molecule has 0 aliphatic rings. The fourth-order valence-corrected chi connectivity index (χ4v) is 2.33. The van der Waals surface area contributed by atoms with E-state index in [1.54, 1.807) is 6.20 Å². The number of aromatic amines is 1. The number of hydrogen-bond acceptors (Lipinski definition) is 6. The van der Waals surface area contributed by atoms with Gasteiger partial charge in [-0.05, 0) is 18.6 Å². The van der Waals surface area contributed by atoms with Crippen LogP contribution in [-0.2, 0) is 12.8 Å². The summed E-state index contributed by atoms with van der Waals surface area (Å²) in [5.41, 5.74) is 1.04. The Morgan fingerprint density at radius 2 is 2.26 bits per heavy atom. The highest BCUT2D eigenvalue weighted by Crippen LogP contribution is 2.12. The second-order valence-corrected chi connectivity index (χ2v) is 5.37. The third kappa shape index (κ3) is 3.88. The molecule has 0 fully saturated rings. The van der Waals surface area contributed by atoms with Crippen LogP contribution in [0.2, 0.25) is 0 Å². The Hall–Kier alpha value is -2.83. The third-order valence-electron chi connectivity index (χ3n) is 3.58. The molecule has 0 radical (unpaired) electrons. The lowest BCUT2D eigenvalue weighted by Gasteiger charge is -2.17. The normalized spacial score (nSPS) is 10.8. The van der Waals surface area contributed by atoms with Crippen LogP contribution in [0.25, 0.3) is 0 Å². The molecule has 7 heteroatoms. The molecule has 7 nitrogen and oxygen atoms in total. The van der Waals surface area contributed by atoms with Crippen molar-refractivity contribution < 1.29 is 9.05 Å². The zero-order chi connectivity index (χ0) is 16.1. The van der Waals surface area contributed by atoms with E-state index in [0.717, 1.165) is 36.7 Å². The van der Waals surface area contributed by atoms with Gasteiger partial charge >= 0.3 is 0 Å². The molecule has 0 aliphatic carbocycles. The number of aromatic nitrogens is 3. The first-order chi connectivity index (χ1) is 11.2. The molecule has 3 heterocycles. The topological polar surface area (TPSA) is 88.2 Å². The minimum atomic E-state index is -0.230. The molecule has 0 aromatic carbocycles. The zero-order valence-corrected chi connectivity index (χ0v) is 12.9. The van der Waals surface area contributed by atoms with E-state index in [1.807, 2.05) is 31.3 Å². The van der Waals surface area contributed by atoms with Crippen molar-refractivity contribution in [2.45, 2.75) is 19.3 Å². The summed E-state index contributed by atoms with van der Waals surface area (Å²) in [5.74, 6) is 1.76. The highest BCUT2D eigenvalue weighted by Gasteiger charge is 2.09. The third-order valence-corrected chi connectivity index (χ3v) is 3.58. The minimum Gasteiger partial charge on any atom is -0.387 e. The number of nitrogens with one attached hydrogen (secondary N) is 1. The Balaban J connectivity index is 1.50. The van der Waals surface area contributed by atoms with Crippen LogP contribution in [0.3, 0.4) is 0 Å². The average molecular weight is 314 g/mol. The van der Waals surface area contributed by atoms with Crippen molar-refractivity contribution in [1.29, 1.82) is 0 Å². The summed E-state index contributed by atoms with van der Waals surface area (Å²) < 4.78 is 10.1. The molecular weight excluding hydrogens is 296 g/mol. The van der Waals surface area contributed by atoms with Gasteiger partial charge in [0.25, 0.3) is 5.56 Å².